The predicted molar refractivity (Wildman–Crippen MR) is 105 cm³/mol. The molecule has 0 fully saturated rings. The van der Waals surface area contributed by atoms with Gasteiger partial charge >= 0.3 is 0 Å². The van der Waals surface area contributed by atoms with E-state index in [2.05, 4.69) is 12.2 Å². The van der Waals surface area contributed by atoms with Crippen molar-refractivity contribution in [3.8, 4) is 11.8 Å². The molecule has 0 aliphatic rings. The molecule has 0 unspecified atom stereocenters. The van der Waals surface area contributed by atoms with Gasteiger partial charge in [-0.1, -0.05) is 50.5 Å². The molecule has 2 aromatic rings. The summed E-state index contributed by atoms with van der Waals surface area (Å²) in [6, 6.07) is 14.8. The first-order chi connectivity index (χ1) is 13.1. The molecule has 0 atom stereocenters. The van der Waals surface area contributed by atoms with Crippen molar-refractivity contribution < 1.29 is 13.9 Å². The first-order valence-electron chi connectivity index (χ1n) is 9.04. The maximum absolute atomic E-state index is 13.6. The summed E-state index contributed by atoms with van der Waals surface area (Å²) < 4.78 is 19.3. The number of hydrogen-bond donors (Lipinski definition) is 1. The third-order valence-electron chi connectivity index (χ3n) is 3.94. The Morgan fingerprint density at radius 2 is 1.89 bits per heavy atom. The van der Waals surface area contributed by atoms with Crippen molar-refractivity contribution in [3.05, 3.63) is 65.5 Å². The van der Waals surface area contributed by atoms with Crippen molar-refractivity contribution >= 4 is 17.7 Å². The smallest absolute Gasteiger partial charge is 0.266 e. The molecule has 0 aromatic heterocycles. The lowest BCUT2D eigenvalue weighted by atomic mass is 10.1. The zero-order valence-corrected chi connectivity index (χ0v) is 15.4. The Bertz CT molecular complexity index is 823. The van der Waals surface area contributed by atoms with Crippen molar-refractivity contribution in [2.24, 2.45) is 0 Å². The van der Waals surface area contributed by atoms with E-state index in [0.717, 1.165) is 18.6 Å². The van der Waals surface area contributed by atoms with Crippen LogP contribution >= 0.6 is 0 Å². The quantitative estimate of drug-likeness (QED) is 0.371. The molecule has 0 saturated heterocycles. The maximum Gasteiger partial charge on any atom is 0.266 e. The Morgan fingerprint density at radius 3 is 2.56 bits per heavy atom. The normalized spacial score (nSPS) is 10.9. The summed E-state index contributed by atoms with van der Waals surface area (Å²) in [7, 11) is 0. The number of halogens is 1. The van der Waals surface area contributed by atoms with Crippen LogP contribution in [0.5, 0.6) is 5.75 Å². The average Bonchev–Trinajstić information content (AvgIpc) is 2.68. The van der Waals surface area contributed by atoms with Crippen molar-refractivity contribution in [2.75, 3.05) is 11.9 Å². The number of nitrogens with one attached hydrogen (secondary N) is 1. The topological polar surface area (TPSA) is 62.1 Å². The van der Waals surface area contributed by atoms with Crippen LogP contribution in [0.3, 0.4) is 0 Å². The molecule has 2 rings (SSSR count). The average molecular weight is 366 g/mol. The van der Waals surface area contributed by atoms with Gasteiger partial charge in [0.25, 0.3) is 5.91 Å². The monoisotopic (exact) mass is 366 g/mol. The third-order valence-corrected chi connectivity index (χ3v) is 3.94. The van der Waals surface area contributed by atoms with Gasteiger partial charge in [0.05, 0.1) is 12.3 Å². The molecule has 2 aromatic carbocycles. The van der Waals surface area contributed by atoms with Gasteiger partial charge in [-0.25, -0.2) is 4.39 Å². The molecule has 0 radical (unpaired) electrons. The number of carbonyl (C=O) groups is 1. The van der Waals surface area contributed by atoms with E-state index in [9.17, 15) is 14.4 Å². The van der Waals surface area contributed by atoms with E-state index in [4.69, 9.17) is 4.74 Å². The second-order valence-electron chi connectivity index (χ2n) is 6.08. The maximum atomic E-state index is 13.6. The van der Waals surface area contributed by atoms with Crippen LogP contribution in [0.15, 0.2) is 54.1 Å². The van der Waals surface area contributed by atoms with E-state index in [1.54, 1.807) is 30.3 Å². The van der Waals surface area contributed by atoms with Gasteiger partial charge in [0.15, 0.2) is 0 Å². The minimum Gasteiger partial charge on any atom is -0.494 e. The van der Waals surface area contributed by atoms with Crippen molar-refractivity contribution in [3.63, 3.8) is 0 Å². The standard InChI is InChI=1S/C22H23FN2O2/c1-2-3-4-7-14-27-19-12-10-17(11-13-19)15-18(16-24)22(26)25-21-9-6-5-8-20(21)23/h5-6,8-13,15H,2-4,7,14H2,1H3,(H,25,26)/b18-15-. The molecule has 0 spiro atoms. The Kier molecular flexibility index (Phi) is 8.05. The summed E-state index contributed by atoms with van der Waals surface area (Å²) in [4.78, 5) is 12.2. The Morgan fingerprint density at radius 1 is 1.15 bits per heavy atom. The van der Waals surface area contributed by atoms with Gasteiger partial charge in [-0.3, -0.25) is 4.79 Å². The van der Waals surface area contributed by atoms with E-state index in [1.807, 2.05) is 6.07 Å². The van der Waals surface area contributed by atoms with Crippen LogP contribution in [-0.2, 0) is 4.79 Å². The molecular formula is C22H23FN2O2. The molecule has 0 heterocycles. The molecule has 1 N–H and O–H groups in total. The fraction of sp³-hybridized carbons (Fsp3) is 0.273. The van der Waals surface area contributed by atoms with E-state index < -0.39 is 11.7 Å². The number of nitriles is 1. The molecule has 140 valence electrons. The van der Waals surface area contributed by atoms with Crippen LogP contribution < -0.4 is 10.1 Å². The number of nitrogens with zero attached hydrogens (tertiary/aromatic N) is 1. The minimum atomic E-state index is -0.654. The summed E-state index contributed by atoms with van der Waals surface area (Å²) in [5.41, 5.74) is 0.621. The number of ether oxygens (including phenoxy) is 1. The fourth-order valence-corrected chi connectivity index (χ4v) is 2.45. The lowest BCUT2D eigenvalue weighted by Gasteiger charge is -2.07. The van der Waals surface area contributed by atoms with Crippen LogP contribution in [0, 0.1) is 17.1 Å². The lowest BCUT2D eigenvalue weighted by Crippen LogP contribution is -2.14. The first kappa shape index (κ1) is 20.2. The van der Waals surface area contributed by atoms with Crippen LogP contribution in [0.4, 0.5) is 10.1 Å². The molecule has 0 aliphatic carbocycles. The van der Waals surface area contributed by atoms with E-state index in [1.165, 1.54) is 37.1 Å². The summed E-state index contributed by atoms with van der Waals surface area (Å²) in [5, 5.41) is 11.7. The Labute approximate surface area is 159 Å². The molecule has 0 bridgehead atoms. The van der Waals surface area contributed by atoms with Gasteiger partial charge in [-0.05, 0) is 42.3 Å². The summed E-state index contributed by atoms with van der Waals surface area (Å²) >= 11 is 0. The largest absolute Gasteiger partial charge is 0.494 e. The fourth-order valence-electron chi connectivity index (χ4n) is 2.45. The number of hydrogen-bond acceptors (Lipinski definition) is 3. The van der Waals surface area contributed by atoms with Crippen molar-refractivity contribution in [1.29, 1.82) is 5.26 Å². The molecule has 4 nitrogen and oxygen atoms in total. The SMILES string of the molecule is CCCCCCOc1ccc(/C=C(/C#N)C(=O)Nc2ccccc2F)cc1. The minimum absolute atomic E-state index is 0.0375. The predicted octanol–water partition coefficient (Wildman–Crippen LogP) is 5.33. The number of carbonyl (C=O) groups excluding carboxylic acids is 1. The van der Waals surface area contributed by atoms with Crippen molar-refractivity contribution in [2.45, 2.75) is 32.6 Å². The van der Waals surface area contributed by atoms with Crippen LogP contribution in [0.1, 0.15) is 38.2 Å². The summed E-state index contributed by atoms with van der Waals surface area (Å²) in [6.07, 6.45) is 6.02. The molecule has 0 aliphatic heterocycles. The molecular weight excluding hydrogens is 343 g/mol. The highest BCUT2D eigenvalue weighted by Crippen LogP contribution is 2.17. The number of rotatable bonds is 9. The number of amides is 1. The van der Waals surface area contributed by atoms with Gasteiger partial charge < -0.3 is 10.1 Å². The zero-order chi connectivity index (χ0) is 19.5. The zero-order valence-electron chi connectivity index (χ0n) is 15.4. The second-order valence-corrected chi connectivity index (χ2v) is 6.08. The van der Waals surface area contributed by atoms with Gasteiger partial charge in [-0.2, -0.15) is 5.26 Å². The van der Waals surface area contributed by atoms with E-state index in [0.29, 0.717) is 12.2 Å². The summed E-state index contributed by atoms with van der Waals surface area (Å²) in [6.45, 7) is 2.84. The highest BCUT2D eigenvalue weighted by atomic mass is 19.1. The van der Waals surface area contributed by atoms with Gasteiger partial charge in [0.1, 0.15) is 23.2 Å². The second kappa shape index (κ2) is 10.8. The number of anilines is 1. The Hall–Kier alpha value is -3.13. The third kappa shape index (κ3) is 6.59. The van der Waals surface area contributed by atoms with E-state index in [-0.39, 0.29) is 11.3 Å². The van der Waals surface area contributed by atoms with Gasteiger partial charge in [0, 0.05) is 0 Å². The molecule has 1 amide bonds. The highest BCUT2D eigenvalue weighted by Gasteiger charge is 2.11. The van der Waals surface area contributed by atoms with Crippen LogP contribution in [0.2, 0.25) is 0 Å². The molecule has 5 heteroatoms. The van der Waals surface area contributed by atoms with Gasteiger partial charge in [-0.15, -0.1) is 0 Å². The summed E-state index contributed by atoms with van der Waals surface area (Å²) in [5.74, 6) is -0.458. The van der Waals surface area contributed by atoms with Gasteiger partial charge in [0.2, 0.25) is 0 Å². The number of unbranched alkanes of at least 4 members (excludes halogenated alkanes) is 3. The van der Waals surface area contributed by atoms with Crippen LogP contribution in [0.25, 0.3) is 6.08 Å². The highest BCUT2D eigenvalue weighted by molar-refractivity contribution is 6.09. The Balaban J connectivity index is 1.97. The number of para-hydroxylation sites is 1. The first-order valence-corrected chi connectivity index (χ1v) is 9.04. The van der Waals surface area contributed by atoms with Crippen LogP contribution in [-0.4, -0.2) is 12.5 Å². The molecule has 27 heavy (non-hydrogen) atoms. The molecule has 0 saturated carbocycles. The van der Waals surface area contributed by atoms with Crippen molar-refractivity contribution in [1.82, 2.24) is 0 Å². The lowest BCUT2D eigenvalue weighted by molar-refractivity contribution is -0.112. The number of benzene rings is 2. The van der Waals surface area contributed by atoms with E-state index >= 15 is 0 Å².